The molecule has 2 atom stereocenters. The molecule has 2 aromatic carbocycles. The molecule has 0 aromatic heterocycles. The minimum Gasteiger partial charge on any atom is -0.504 e. The number of esters is 1. The molecule has 1 heterocycles. The van der Waals surface area contributed by atoms with Crippen LogP contribution in [0.3, 0.4) is 0 Å². The Hall–Kier alpha value is -3.06. The Labute approximate surface area is 143 Å². The maximum atomic E-state index is 12.3. The molecule has 0 spiro atoms. The van der Waals surface area contributed by atoms with Crippen LogP contribution < -0.4 is 5.32 Å². The van der Waals surface area contributed by atoms with Gasteiger partial charge in [0.15, 0.2) is 11.5 Å². The van der Waals surface area contributed by atoms with Crippen molar-refractivity contribution >= 4 is 11.9 Å². The summed E-state index contributed by atoms with van der Waals surface area (Å²) in [6.45, 7) is 0.0866. The second-order valence-corrected chi connectivity index (χ2v) is 5.83. The van der Waals surface area contributed by atoms with Gasteiger partial charge in [-0.05, 0) is 35.2 Å². The number of carbonyl (C=O) groups excluding carboxylic acids is 1. The van der Waals surface area contributed by atoms with Crippen LogP contribution in [0.15, 0.2) is 42.5 Å². The van der Waals surface area contributed by atoms with Gasteiger partial charge in [0, 0.05) is 0 Å². The van der Waals surface area contributed by atoms with Crippen molar-refractivity contribution in [1.29, 1.82) is 0 Å². The molecule has 0 saturated carbocycles. The number of fused-ring (bicyclic) bond motifs is 1. The van der Waals surface area contributed by atoms with Gasteiger partial charge in [-0.2, -0.15) is 0 Å². The van der Waals surface area contributed by atoms with Gasteiger partial charge in [-0.3, -0.25) is 14.9 Å². The Morgan fingerprint density at radius 1 is 1.12 bits per heavy atom. The quantitative estimate of drug-likeness (QED) is 0.491. The third kappa shape index (κ3) is 3.56. The van der Waals surface area contributed by atoms with Crippen LogP contribution in [-0.2, 0) is 27.4 Å². The van der Waals surface area contributed by atoms with Crippen molar-refractivity contribution in [3.05, 3.63) is 59.2 Å². The largest absolute Gasteiger partial charge is 0.504 e. The number of phenolic OH excluding ortho intramolecular Hbond substituents is 2. The van der Waals surface area contributed by atoms with E-state index in [1.165, 1.54) is 12.1 Å². The summed E-state index contributed by atoms with van der Waals surface area (Å²) in [4.78, 5) is 23.8. The smallest absolute Gasteiger partial charge is 0.325 e. The topological polar surface area (TPSA) is 116 Å². The number of nitrogens with one attached hydrogen (secondary N) is 1. The van der Waals surface area contributed by atoms with Crippen LogP contribution >= 0.6 is 0 Å². The second-order valence-electron chi connectivity index (χ2n) is 5.83. The predicted octanol–water partition coefficient (Wildman–Crippen LogP) is 1.48. The van der Waals surface area contributed by atoms with Crippen LogP contribution in [0.1, 0.15) is 22.7 Å². The van der Waals surface area contributed by atoms with E-state index in [0.29, 0.717) is 11.1 Å². The number of aliphatic carboxylic acids is 1. The number of aromatic hydroxyl groups is 2. The van der Waals surface area contributed by atoms with Gasteiger partial charge in [0.25, 0.3) is 0 Å². The molecular formula is C18H17NO6. The van der Waals surface area contributed by atoms with Gasteiger partial charge in [-0.25, -0.2) is 0 Å². The maximum absolute atomic E-state index is 12.3. The van der Waals surface area contributed by atoms with E-state index >= 15 is 0 Å². The van der Waals surface area contributed by atoms with Gasteiger partial charge in [0.05, 0.1) is 0 Å². The average Bonchev–Trinajstić information content (AvgIpc) is 2.60. The van der Waals surface area contributed by atoms with Crippen LogP contribution in [-0.4, -0.2) is 33.3 Å². The van der Waals surface area contributed by atoms with Gasteiger partial charge >= 0.3 is 11.9 Å². The van der Waals surface area contributed by atoms with Gasteiger partial charge < -0.3 is 20.1 Å². The molecule has 25 heavy (non-hydrogen) atoms. The fourth-order valence-corrected chi connectivity index (χ4v) is 2.84. The zero-order chi connectivity index (χ0) is 18.0. The van der Waals surface area contributed by atoms with E-state index in [2.05, 4.69) is 5.32 Å². The van der Waals surface area contributed by atoms with Crippen molar-refractivity contribution in [3.63, 3.8) is 0 Å². The minimum atomic E-state index is -1.19. The molecule has 0 bridgehead atoms. The van der Waals surface area contributed by atoms with Crippen molar-refractivity contribution in [1.82, 2.24) is 5.32 Å². The summed E-state index contributed by atoms with van der Waals surface area (Å²) in [5.74, 6) is -2.53. The number of carboxylic acid groups (broad SMARTS) is 1. The Bertz CT molecular complexity index is 805. The van der Waals surface area contributed by atoms with Crippen LogP contribution in [0, 0.1) is 0 Å². The fraction of sp³-hybridized carbons (Fsp3) is 0.222. The van der Waals surface area contributed by atoms with Crippen molar-refractivity contribution in [2.45, 2.75) is 25.1 Å². The fourth-order valence-electron chi connectivity index (χ4n) is 2.84. The van der Waals surface area contributed by atoms with E-state index < -0.39 is 29.8 Å². The first-order valence-corrected chi connectivity index (χ1v) is 7.70. The van der Waals surface area contributed by atoms with E-state index in [-0.39, 0.29) is 18.8 Å². The molecule has 0 saturated heterocycles. The first-order valence-electron chi connectivity index (χ1n) is 7.70. The first kappa shape index (κ1) is 16.8. The van der Waals surface area contributed by atoms with Crippen LogP contribution in [0.25, 0.3) is 0 Å². The number of hydrogen-bond acceptors (Lipinski definition) is 6. The molecule has 1 aliphatic heterocycles. The third-order valence-electron chi connectivity index (χ3n) is 4.09. The molecule has 2 aromatic rings. The number of hydrogen-bond donors (Lipinski definition) is 4. The van der Waals surface area contributed by atoms with Gasteiger partial charge in [0.1, 0.15) is 18.7 Å². The number of carboxylic acids is 1. The van der Waals surface area contributed by atoms with Crippen molar-refractivity contribution < 1.29 is 29.6 Å². The molecule has 0 aliphatic carbocycles. The monoisotopic (exact) mass is 343 g/mol. The van der Waals surface area contributed by atoms with Gasteiger partial charge in [-0.1, -0.05) is 30.3 Å². The zero-order valence-corrected chi connectivity index (χ0v) is 13.2. The van der Waals surface area contributed by atoms with Crippen LogP contribution in [0.5, 0.6) is 11.5 Å². The molecule has 0 unspecified atom stereocenters. The Morgan fingerprint density at radius 2 is 1.80 bits per heavy atom. The lowest BCUT2D eigenvalue weighted by molar-refractivity contribution is -0.149. The lowest BCUT2D eigenvalue weighted by Gasteiger charge is -2.30. The molecule has 4 N–H and O–H groups in total. The van der Waals surface area contributed by atoms with Crippen molar-refractivity contribution in [3.8, 4) is 11.5 Å². The lowest BCUT2D eigenvalue weighted by atomic mass is 9.89. The van der Waals surface area contributed by atoms with Crippen molar-refractivity contribution in [2.75, 3.05) is 0 Å². The minimum absolute atomic E-state index is 0.0866. The molecule has 0 fully saturated rings. The summed E-state index contributed by atoms with van der Waals surface area (Å²) in [6, 6.07) is 9.58. The number of ether oxygens (including phenoxy) is 1. The lowest BCUT2D eigenvalue weighted by Crippen LogP contribution is -2.47. The van der Waals surface area contributed by atoms with E-state index in [1.807, 2.05) is 30.3 Å². The number of benzene rings is 2. The second kappa shape index (κ2) is 6.82. The molecule has 3 rings (SSSR count). The molecule has 0 radical (unpaired) electrons. The highest BCUT2D eigenvalue weighted by Crippen LogP contribution is 2.35. The molecular weight excluding hydrogens is 326 g/mol. The van der Waals surface area contributed by atoms with Crippen LogP contribution in [0.4, 0.5) is 0 Å². The molecule has 0 amide bonds. The van der Waals surface area contributed by atoms with E-state index in [0.717, 1.165) is 5.56 Å². The molecule has 1 aliphatic rings. The highest BCUT2D eigenvalue weighted by atomic mass is 16.5. The summed E-state index contributed by atoms with van der Waals surface area (Å²) in [6.07, 6.45) is 0.153. The van der Waals surface area contributed by atoms with Crippen LogP contribution in [0.2, 0.25) is 0 Å². The van der Waals surface area contributed by atoms with Gasteiger partial charge in [0.2, 0.25) is 0 Å². The Morgan fingerprint density at radius 3 is 2.48 bits per heavy atom. The Balaban J connectivity index is 1.78. The number of rotatable bonds is 4. The first-order chi connectivity index (χ1) is 12.0. The van der Waals surface area contributed by atoms with E-state index in [4.69, 9.17) is 4.74 Å². The summed E-state index contributed by atoms with van der Waals surface area (Å²) >= 11 is 0. The third-order valence-corrected chi connectivity index (χ3v) is 4.09. The van der Waals surface area contributed by atoms with E-state index in [1.54, 1.807) is 0 Å². The summed E-state index contributed by atoms with van der Waals surface area (Å²) in [7, 11) is 0. The summed E-state index contributed by atoms with van der Waals surface area (Å²) in [5, 5.41) is 31.4. The SMILES string of the molecule is O=C(OCc1ccccc1)[C@@H]1Cc2cc(O)c(O)cc2[C@H](C(=O)O)N1. The van der Waals surface area contributed by atoms with Gasteiger partial charge in [-0.15, -0.1) is 0 Å². The van der Waals surface area contributed by atoms with Crippen molar-refractivity contribution in [2.24, 2.45) is 0 Å². The number of phenols is 2. The van der Waals surface area contributed by atoms with E-state index in [9.17, 15) is 24.9 Å². The maximum Gasteiger partial charge on any atom is 0.325 e. The zero-order valence-electron chi connectivity index (χ0n) is 13.2. The number of carbonyl (C=O) groups is 2. The molecule has 130 valence electrons. The average molecular weight is 343 g/mol. The summed E-state index contributed by atoms with van der Waals surface area (Å²) in [5.41, 5.74) is 1.61. The highest BCUT2D eigenvalue weighted by molar-refractivity contribution is 5.82. The molecule has 7 heteroatoms. The normalized spacial score (nSPS) is 19.0. The standard InChI is InChI=1S/C18H17NO6/c20-14-7-11-6-13(18(24)25-9-10-4-2-1-3-5-10)19-16(17(22)23)12(11)8-15(14)21/h1-5,7-8,13,16,19-21H,6,9H2,(H,22,23)/t13-,16+/m0/s1. The Kier molecular flexibility index (Phi) is 4.58. The molecule has 7 nitrogen and oxygen atoms in total. The summed E-state index contributed by atoms with van der Waals surface area (Å²) < 4.78 is 5.26. The predicted molar refractivity (Wildman–Crippen MR) is 87.0 cm³/mol. The highest BCUT2D eigenvalue weighted by Gasteiger charge is 2.36.